The molecular formula is C18H15ClFN3O2. The molecule has 0 atom stereocenters. The van der Waals surface area contributed by atoms with Gasteiger partial charge in [-0.25, -0.2) is 9.37 Å². The average molecular weight is 360 g/mol. The van der Waals surface area contributed by atoms with Crippen molar-refractivity contribution in [3.05, 3.63) is 58.5 Å². The Hall–Kier alpha value is -2.65. The van der Waals surface area contributed by atoms with Crippen LogP contribution >= 0.6 is 11.6 Å². The number of nitrogens with zero attached hydrogens (tertiary/aromatic N) is 3. The maximum absolute atomic E-state index is 13.1. The second kappa shape index (κ2) is 7.49. The highest BCUT2D eigenvalue weighted by molar-refractivity contribution is 6.33. The summed E-state index contributed by atoms with van der Waals surface area (Å²) < 4.78 is 18.9. The number of piperidine rings is 1. The number of benzene rings is 1. The summed E-state index contributed by atoms with van der Waals surface area (Å²) in [6.07, 6.45) is 2.69. The molecule has 1 aliphatic rings. The highest BCUT2D eigenvalue weighted by Gasteiger charge is 2.26. The van der Waals surface area contributed by atoms with Gasteiger partial charge in [-0.3, -0.25) is 4.79 Å². The van der Waals surface area contributed by atoms with Crippen molar-refractivity contribution in [2.24, 2.45) is 0 Å². The number of rotatable bonds is 3. The molecule has 0 N–H and O–H groups in total. The minimum absolute atomic E-state index is 0.107. The Labute approximate surface area is 149 Å². The van der Waals surface area contributed by atoms with Gasteiger partial charge in [0.15, 0.2) is 0 Å². The van der Waals surface area contributed by atoms with Crippen molar-refractivity contribution in [2.45, 2.75) is 18.9 Å². The van der Waals surface area contributed by atoms with E-state index in [-0.39, 0.29) is 17.0 Å². The van der Waals surface area contributed by atoms with Gasteiger partial charge in [-0.15, -0.1) is 0 Å². The Morgan fingerprint density at radius 3 is 2.80 bits per heavy atom. The number of carbonyl (C=O) groups is 1. The van der Waals surface area contributed by atoms with Crippen molar-refractivity contribution >= 4 is 17.5 Å². The number of likely N-dealkylation sites (tertiary alicyclic amines) is 1. The molecule has 7 heteroatoms. The van der Waals surface area contributed by atoms with Gasteiger partial charge >= 0.3 is 0 Å². The zero-order valence-electron chi connectivity index (χ0n) is 13.3. The van der Waals surface area contributed by atoms with Gasteiger partial charge in [0.1, 0.15) is 23.6 Å². The molecule has 3 rings (SSSR count). The van der Waals surface area contributed by atoms with Gasteiger partial charge in [0, 0.05) is 32.1 Å². The van der Waals surface area contributed by atoms with Gasteiger partial charge in [0.2, 0.25) is 5.88 Å². The SMILES string of the molecule is N#Cc1cccnc1OC1CCN(C(=O)c2ccc(F)cc2Cl)CC1. The molecule has 25 heavy (non-hydrogen) atoms. The smallest absolute Gasteiger partial charge is 0.255 e. The second-order valence-corrected chi connectivity index (χ2v) is 6.11. The van der Waals surface area contributed by atoms with E-state index in [4.69, 9.17) is 21.6 Å². The van der Waals surface area contributed by atoms with Crippen LogP contribution in [-0.4, -0.2) is 35.0 Å². The highest BCUT2D eigenvalue weighted by atomic mass is 35.5. The van der Waals surface area contributed by atoms with Crippen LogP contribution in [0.3, 0.4) is 0 Å². The summed E-state index contributed by atoms with van der Waals surface area (Å²) in [4.78, 5) is 18.3. The lowest BCUT2D eigenvalue weighted by atomic mass is 10.1. The third-order valence-corrected chi connectivity index (χ3v) is 4.37. The molecule has 1 aromatic heterocycles. The van der Waals surface area contributed by atoms with E-state index in [9.17, 15) is 9.18 Å². The first-order valence-electron chi connectivity index (χ1n) is 7.84. The van der Waals surface area contributed by atoms with Crippen LogP contribution in [-0.2, 0) is 0 Å². The average Bonchev–Trinajstić information content (AvgIpc) is 2.62. The van der Waals surface area contributed by atoms with Crippen LogP contribution in [0.2, 0.25) is 5.02 Å². The first-order chi connectivity index (χ1) is 12.1. The monoisotopic (exact) mass is 359 g/mol. The molecule has 0 saturated carbocycles. The maximum Gasteiger partial charge on any atom is 0.255 e. The number of hydrogen-bond donors (Lipinski definition) is 0. The minimum atomic E-state index is -0.475. The summed E-state index contributed by atoms with van der Waals surface area (Å²) in [6.45, 7) is 0.984. The van der Waals surface area contributed by atoms with Gasteiger partial charge in [-0.05, 0) is 30.3 Å². The van der Waals surface area contributed by atoms with Crippen LogP contribution in [0.15, 0.2) is 36.5 Å². The van der Waals surface area contributed by atoms with Crippen LogP contribution in [0.1, 0.15) is 28.8 Å². The van der Waals surface area contributed by atoms with Gasteiger partial charge in [0.05, 0.1) is 10.6 Å². The fourth-order valence-electron chi connectivity index (χ4n) is 2.74. The van der Waals surface area contributed by atoms with E-state index in [2.05, 4.69) is 4.98 Å². The zero-order valence-corrected chi connectivity index (χ0v) is 14.0. The largest absolute Gasteiger partial charge is 0.473 e. The van der Waals surface area contributed by atoms with Crippen LogP contribution in [0.5, 0.6) is 5.88 Å². The molecule has 1 amide bonds. The minimum Gasteiger partial charge on any atom is -0.473 e. The Morgan fingerprint density at radius 1 is 1.36 bits per heavy atom. The maximum atomic E-state index is 13.1. The Kier molecular flexibility index (Phi) is 5.15. The number of carbonyl (C=O) groups excluding carboxylic acids is 1. The lowest BCUT2D eigenvalue weighted by molar-refractivity contribution is 0.0587. The molecule has 5 nitrogen and oxygen atoms in total. The van der Waals surface area contributed by atoms with E-state index >= 15 is 0 Å². The van der Waals surface area contributed by atoms with E-state index in [1.807, 2.05) is 6.07 Å². The molecule has 1 aromatic carbocycles. The van der Waals surface area contributed by atoms with Crippen LogP contribution in [0.25, 0.3) is 0 Å². The molecule has 0 aliphatic carbocycles. The number of amides is 1. The molecule has 1 saturated heterocycles. The Bertz CT molecular complexity index is 829. The Balaban J connectivity index is 1.62. The van der Waals surface area contributed by atoms with Gasteiger partial charge in [-0.2, -0.15) is 5.26 Å². The summed E-state index contributed by atoms with van der Waals surface area (Å²) in [5.41, 5.74) is 0.679. The molecule has 128 valence electrons. The quantitative estimate of drug-likeness (QED) is 0.842. The molecular weight excluding hydrogens is 345 g/mol. The van der Waals surface area contributed by atoms with E-state index < -0.39 is 5.82 Å². The fraction of sp³-hybridized carbons (Fsp3) is 0.278. The molecule has 0 radical (unpaired) electrons. The topological polar surface area (TPSA) is 66.2 Å². The number of pyridine rings is 1. The van der Waals surface area contributed by atoms with Crippen molar-refractivity contribution in [3.8, 4) is 11.9 Å². The van der Waals surface area contributed by atoms with Crippen molar-refractivity contribution in [3.63, 3.8) is 0 Å². The van der Waals surface area contributed by atoms with Gasteiger partial charge < -0.3 is 9.64 Å². The lowest BCUT2D eigenvalue weighted by Gasteiger charge is -2.32. The van der Waals surface area contributed by atoms with Crippen LogP contribution in [0, 0.1) is 17.1 Å². The van der Waals surface area contributed by atoms with Crippen molar-refractivity contribution < 1.29 is 13.9 Å². The molecule has 1 aliphatic heterocycles. The number of halogens is 2. The van der Waals surface area contributed by atoms with Crippen LogP contribution < -0.4 is 4.74 Å². The molecule has 0 bridgehead atoms. The Morgan fingerprint density at radius 2 is 2.12 bits per heavy atom. The number of nitriles is 1. The molecule has 1 fully saturated rings. The van der Waals surface area contributed by atoms with Crippen LogP contribution in [0.4, 0.5) is 4.39 Å². The predicted molar refractivity (Wildman–Crippen MR) is 89.9 cm³/mol. The summed E-state index contributed by atoms with van der Waals surface area (Å²) in [5, 5.41) is 9.18. The third kappa shape index (κ3) is 3.89. The molecule has 2 heterocycles. The summed E-state index contributed by atoms with van der Waals surface area (Å²) in [7, 11) is 0. The first-order valence-corrected chi connectivity index (χ1v) is 8.22. The van der Waals surface area contributed by atoms with Gasteiger partial charge in [-0.1, -0.05) is 11.6 Å². The van der Waals surface area contributed by atoms with E-state index in [0.29, 0.717) is 42.9 Å². The van der Waals surface area contributed by atoms with E-state index in [1.165, 1.54) is 12.1 Å². The molecule has 0 unspecified atom stereocenters. The third-order valence-electron chi connectivity index (χ3n) is 4.06. The number of ether oxygens (including phenoxy) is 1. The highest BCUT2D eigenvalue weighted by Crippen LogP contribution is 2.23. The van der Waals surface area contributed by atoms with E-state index in [1.54, 1.807) is 23.2 Å². The first kappa shape index (κ1) is 17.2. The van der Waals surface area contributed by atoms with Crippen molar-refractivity contribution in [1.82, 2.24) is 9.88 Å². The predicted octanol–water partition coefficient (Wildman–Crippen LogP) is 3.43. The van der Waals surface area contributed by atoms with Gasteiger partial charge in [0.25, 0.3) is 5.91 Å². The molecule has 2 aromatic rings. The number of hydrogen-bond acceptors (Lipinski definition) is 4. The summed E-state index contributed by atoms with van der Waals surface area (Å²) in [6, 6.07) is 9.13. The lowest BCUT2D eigenvalue weighted by Crippen LogP contribution is -2.42. The summed E-state index contributed by atoms with van der Waals surface area (Å²) >= 11 is 5.96. The van der Waals surface area contributed by atoms with Crippen molar-refractivity contribution in [2.75, 3.05) is 13.1 Å². The summed E-state index contributed by atoms with van der Waals surface area (Å²) in [5.74, 6) is -0.382. The zero-order chi connectivity index (χ0) is 17.8. The second-order valence-electron chi connectivity index (χ2n) is 5.70. The normalized spacial score (nSPS) is 14.8. The number of aromatic nitrogens is 1. The van der Waals surface area contributed by atoms with E-state index in [0.717, 1.165) is 6.07 Å². The van der Waals surface area contributed by atoms with Crippen molar-refractivity contribution in [1.29, 1.82) is 5.26 Å². The standard InChI is InChI=1S/C18H15ClFN3O2/c19-16-10-13(20)3-4-15(16)18(24)23-8-5-14(6-9-23)25-17-12(11-21)2-1-7-22-17/h1-4,7,10,14H,5-6,8-9H2. The fourth-order valence-corrected chi connectivity index (χ4v) is 2.99. The molecule has 0 spiro atoms.